The minimum Gasteiger partial charge on any atom is -0.480 e. The van der Waals surface area contributed by atoms with Gasteiger partial charge in [-0.1, -0.05) is 6.08 Å². The van der Waals surface area contributed by atoms with Gasteiger partial charge >= 0.3 is 12.0 Å². The number of unbranched alkanes of at least 4 members (excludes halogenated alkanes) is 1. The summed E-state index contributed by atoms with van der Waals surface area (Å²) in [6, 6.07) is -1.25. The highest BCUT2D eigenvalue weighted by atomic mass is 32.2. The van der Waals surface area contributed by atoms with Crippen LogP contribution >= 0.6 is 11.8 Å². The fraction of sp³-hybridized carbons (Fsp3) is 0.636. The molecule has 0 rings (SSSR count). The fourth-order valence-corrected chi connectivity index (χ4v) is 1.62. The molecule has 0 fully saturated rings. The Morgan fingerprint density at radius 1 is 1.53 bits per heavy atom. The number of urea groups is 1. The SMILES string of the molecule is C=CCCCNC(=O)NC(CCSC)C(=O)O. The Morgan fingerprint density at radius 2 is 2.24 bits per heavy atom. The van der Waals surface area contributed by atoms with E-state index < -0.39 is 18.0 Å². The molecule has 0 saturated carbocycles. The van der Waals surface area contributed by atoms with Crippen molar-refractivity contribution in [2.24, 2.45) is 0 Å². The molecule has 3 N–H and O–H groups in total. The van der Waals surface area contributed by atoms with Crippen LogP contribution in [0.3, 0.4) is 0 Å². The quantitative estimate of drug-likeness (QED) is 0.433. The van der Waals surface area contributed by atoms with Crippen molar-refractivity contribution < 1.29 is 14.7 Å². The van der Waals surface area contributed by atoms with Gasteiger partial charge in [-0.2, -0.15) is 11.8 Å². The highest BCUT2D eigenvalue weighted by molar-refractivity contribution is 7.98. The minimum absolute atomic E-state index is 0.427. The van der Waals surface area contributed by atoms with E-state index in [-0.39, 0.29) is 0 Å². The van der Waals surface area contributed by atoms with E-state index in [2.05, 4.69) is 17.2 Å². The zero-order valence-electron chi connectivity index (χ0n) is 10.1. The molecular formula is C11H20N2O3S. The van der Waals surface area contributed by atoms with Crippen molar-refractivity contribution in [2.75, 3.05) is 18.6 Å². The summed E-state index contributed by atoms with van der Waals surface area (Å²) in [5.74, 6) is -0.298. The van der Waals surface area contributed by atoms with Crippen molar-refractivity contribution in [1.29, 1.82) is 0 Å². The van der Waals surface area contributed by atoms with Crippen molar-refractivity contribution in [3.8, 4) is 0 Å². The van der Waals surface area contributed by atoms with Crippen molar-refractivity contribution in [3.63, 3.8) is 0 Å². The van der Waals surface area contributed by atoms with Crippen LogP contribution in [0.15, 0.2) is 12.7 Å². The lowest BCUT2D eigenvalue weighted by Gasteiger charge is -2.14. The summed E-state index contributed by atoms with van der Waals surface area (Å²) in [6.07, 6.45) is 5.73. The number of hydrogen-bond acceptors (Lipinski definition) is 3. The second-order valence-electron chi connectivity index (χ2n) is 3.50. The Bertz CT molecular complexity index is 259. The van der Waals surface area contributed by atoms with Crippen LogP contribution in [-0.2, 0) is 4.79 Å². The molecule has 0 aromatic rings. The standard InChI is InChI=1S/C11H20N2O3S/c1-3-4-5-7-12-11(16)13-9(10(14)15)6-8-17-2/h3,9H,1,4-8H2,2H3,(H,14,15)(H2,12,13,16). The Hall–Kier alpha value is -1.17. The molecular weight excluding hydrogens is 240 g/mol. The van der Waals surface area contributed by atoms with Crippen LogP contribution in [0.4, 0.5) is 4.79 Å². The lowest BCUT2D eigenvalue weighted by molar-refractivity contribution is -0.139. The molecule has 0 bridgehead atoms. The van der Waals surface area contributed by atoms with Crippen molar-refractivity contribution in [2.45, 2.75) is 25.3 Å². The summed E-state index contributed by atoms with van der Waals surface area (Å²) in [6.45, 7) is 4.09. The molecule has 1 atom stereocenters. The number of allylic oxidation sites excluding steroid dienone is 1. The third-order valence-corrected chi connectivity index (χ3v) is 2.73. The van der Waals surface area contributed by atoms with Crippen molar-refractivity contribution >= 4 is 23.8 Å². The van der Waals surface area contributed by atoms with E-state index in [1.165, 1.54) is 0 Å². The molecule has 5 nitrogen and oxygen atoms in total. The lowest BCUT2D eigenvalue weighted by atomic mass is 10.2. The summed E-state index contributed by atoms with van der Waals surface area (Å²) in [4.78, 5) is 22.2. The monoisotopic (exact) mass is 260 g/mol. The number of carboxylic acid groups (broad SMARTS) is 1. The molecule has 0 spiro atoms. The molecule has 0 aliphatic heterocycles. The second kappa shape index (κ2) is 10.0. The molecule has 0 aromatic carbocycles. The molecule has 0 heterocycles. The van der Waals surface area contributed by atoms with E-state index in [0.717, 1.165) is 12.8 Å². The van der Waals surface area contributed by atoms with Gasteiger partial charge in [0, 0.05) is 6.54 Å². The molecule has 6 heteroatoms. The van der Waals surface area contributed by atoms with Gasteiger partial charge in [-0.05, 0) is 31.3 Å². The Kier molecular flexibility index (Phi) is 9.33. The van der Waals surface area contributed by atoms with E-state index in [0.29, 0.717) is 18.7 Å². The van der Waals surface area contributed by atoms with Crippen LogP contribution in [0.1, 0.15) is 19.3 Å². The third kappa shape index (κ3) is 8.62. The predicted molar refractivity (Wildman–Crippen MR) is 70.4 cm³/mol. The zero-order valence-corrected chi connectivity index (χ0v) is 10.9. The normalized spacial score (nSPS) is 11.6. The minimum atomic E-state index is -1.000. The van der Waals surface area contributed by atoms with Crippen molar-refractivity contribution in [3.05, 3.63) is 12.7 Å². The predicted octanol–water partition coefficient (Wildman–Crippen LogP) is 1.46. The highest BCUT2D eigenvalue weighted by Gasteiger charge is 2.18. The molecule has 0 aromatic heterocycles. The molecule has 0 saturated heterocycles. The Morgan fingerprint density at radius 3 is 2.76 bits per heavy atom. The van der Waals surface area contributed by atoms with E-state index >= 15 is 0 Å². The maximum atomic E-state index is 11.4. The number of amides is 2. The summed E-state index contributed by atoms with van der Waals surface area (Å²) in [7, 11) is 0. The summed E-state index contributed by atoms with van der Waals surface area (Å²) in [5, 5.41) is 13.9. The van der Waals surface area contributed by atoms with Gasteiger partial charge in [-0.15, -0.1) is 6.58 Å². The molecule has 0 radical (unpaired) electrons. The molecule has 17 heavy (non-hydrogen) atoms. The van der Waals surface area contributed by atoms with E-state index in [1.807, 2.05) is 6.26 Å². The van der Waals surface area contributed by atoms with Gasteiger partial charge in [-0.3, -0.25) is 0 Å². The van der Waals surface area contributed by atoms with Crippen LogP contribution in [0.2, 0.25) is 0 Å². The number of nitrogens with one attached hydrogen (secondary N) is 2. The van der Waals surface area contributed by atoms with Crippen LogP contribution in [0.25, 0.3) is 0 Å². The maximum Gasteiger partial charge on any atom is 0.326 e. The summed E-state index contributed by atoms with van der Waals surface area (Å²) < 4.78 is 0. The molecule has 1 unspecified atom stereocenters. The highest BCUT2D eigenvalue weighted by Crippen LogP contribution is 2.00. The Labute approximate surface area is 106 Å². The topological polar surface area (TPSA) is 78.4 Å². The number of carbonyl (C=O) groups is 2. The maximum absolute atomic E-state index is 11.4. The Balaban J connectivity index is 3.86. The van der Waals surface area contributed by atoms with Crippen LogP contribution < -0.4 is 10.6 Å². The van der Waals surface area contributed by atoms with Gasteiger partial charge in [0.15, 0.2) is 0 Å². The van der Waals surface area contributed by atoms with Gasteiger partial charge in [0.1, 0.15) is 6.04 Å². The molecule has 0 aliphatic carbocycles. The number of carbonyl (C=O) groups excluding carboxylic acids is 1. The average Bonchev–Trinajstić information content (AvgIpc) is 2.29. The number of rotatable bonds is 9. The molecule has 98 valence electrons. The average molecular weight is 260 g/mol. The molecule has 2 amide bonds. The third-order valence-electron chi connectivity index (χ3n) is 2.08. The van der Waals surface area contributed by atoms with E-state index in [4.69, 9.17) is 5.11 Å². The first kappa shape index (κ1) is 15.8. The first-order valence-corrected chi connectivity index (χ1v) is 6.88. The number of aliphatic carboxylic acids is 1. The first-order chi connectivity index (χ1) is 8.11. The van der Waals surface area contributed by atoms with Gasteiger partial charge in [0.05, 0.1) is 0 Å². The number of carboxylic acids is 1. The number of hydrogen-bond donors (Lipinski definition) is 3. The zero-order chi connectivity index (χ0) is 13.1. The second-order valence-corrected chi connectivity index (χ2v) is 4.49. The van der Waals surface area contributed by atoms with Gasteiger partial charge in [0.2, 0.25) is 0 Å². The number of thioether (sulfide) groups is 1. The summed E-state index contributed by atoms with van der Waals surface area (Å²) in [5.41, 5.74) is 0. The van der Waals surface area contributed by atoms with Crippen molar-refractivity contribution in [1.82, 2.24) is 10.6 Å². The van der Waals surface area contributed by atoms with Gasteiger partial charge < -0.3 is 15.7 Å². The largest absolute Gasteiger partial charge is 0.480 e. The van der Waals surface area contributed by atoms with Gasteiger partial charge in [0.25, 0.3) is 0 Å². The van der Waals surface area contributed by atoms with E-state index in [9.17, 15) is 9.59 Å². The lowest BCUT2D eigenvalue weighted by Crippen LogP contribution is -2.46. The fourth-order valence-electron chi connectivity index (χ4n) is 1.15. The van der Waals surface area contributed by atoms with Crippen LogP contribution in [0, 0.1) is 0 Å². The van der Waals surface area contributed by atoms with E-state index in [1.54, 1.807) is 17.8 Å². The van der Waals surface area contributed by atoms with Crippen LogP contribution in [0.5, 0.6) is 0 Å². The van der Waals surface area contributed by atoms with Gasteiger partial charge in [-0.25, -0.2) is 9.59 Å². The van der Waals surface area contributed by atoms with Crippen LogP contribution in [-0.4, -0.2) is 41.7 Å². The smallest absolute Gasteiger partial charge is 0.326 e. The molecule has 0 aliphatic rings. The first-order valence-electron chi connectivity index (χ1n) is 5.48. The summed E-state index contributed by atoms with van der Waals surface area (Å²) >= 11 is 1.55.